The quantitative estimate of drug-likeness (QED) is 0.819. The molecule has 1 saturated heterocycles. The standard InChI is InChI=1S/C15H28N2O2/c1-11-9-14(7-8-19-11)17-15(18)6-5-12-3-2-4-13(16)10-12/h11-14H,2-10,16H2,1H3,(H,17,18). The van der Waals surface area contributed by atoms with Gasteiger partial charge in [-0.15, -0.1) is 0 Å². The van der Waals surface area contributed by atoms with Crippen LogP contribution in [0.25, 0.3) is 0 Å². The van der Waals surface area contributed by atoms with Crippen LogP contribution in [0.3, 0.4) is 0 Å². The van der Waals surface area contributed by atoms with Gasteiger partial charge in [-0.05, 0) is 44.9 Å². The number of hydrogen-bond acceptors (Lipinski definition) is 3. The Kier molecular flexibility index (Phi) is 5.64. The predicted molar refractivity (Wildman–Crippen MR) is 75.7 cm³/mol. The highest BCUT2D eigenvalue weighted by Crippen LogP contribution is 2.26. The lowest BCUT2D eigenvalue weighted by Crippen LogP contribution is -2.41. The van der Waals surface area contributed by atoms with Crippen molar-refractivity contribution in [3.63, 3.8) is 0 Å². The largest absolute Gasteiger partial charge is 0.378 e. The van der Waals surface area contributed by atoms with Crippen LogP contribution in [0.5, 0.6) is 0 Å². The summed E-state index contributed by atoms with van der Waals surface area (Å²) >= 11 is 0. The first-order chi connectivity index (χ1) is 9.13. The number of carbonyl (C=O) groups excluding carboxylic acids is 1. The molecule has 3 N–H and O–H groups in total. The first-order valence-corrected chi connectivity index (χ1v) is 7.80. The summed E-state index contributed by atoms with van der Waals surface area (Å²) in [7, 11) is 0. The molecule has 1 aliphatic heterocycles. The van der Waals surface area contributed by atoms with Crippen LogP contribution in [-0.4, -0.2) is 30.7 Å². The Hall–Kier alpha value is -0.610. The van der Waals surface area contributed by atoms with Gasteiger partial charge in [0.1, 0.15) is 0 Å². The van der Waals surface area contributed by atoms with Crippen LogP contribution in [0.4, 0.5) is 0 Å². The van der Waals surface area contributed by atoms with Crippen LogP contribution in [0.1, 0.15) is 58.3 Å². The van der Waals surface area contributed by atoms with E-state index in [1.807, 2.05) is 0 Å². The van der Waals surface area contributed by atoms with Gasteiger partial charge in [-0.1, -0.05) is 12.8 Å². The maximum absolute atomic E-state index is 12.0. The molecular weight excluding hydrogens is 240 g/mol. The van der Waals surface area contributed by atoms with Gasteiger partial charge in [0.2, 0.25) is 5.91 Å². The average Bonchev–Trinajstić information content (AvgIpc) is 2.36. The summed E-state index contributed by atoms with van der Waals surface area (Å²) in [5.41, 5.74) is 5.98. The SMILES string of the molecule is CC1CC(NC(=O)CCC2CCCC(N)C2)CCO1. The van der Waals surface area contributed by atoms with Gasteiger partial charge in [-0.25, -0.2) is 0 Å². The van der Waals surface area contributed by atoms with E-state index in [1.165, 1.54) is 12.8 Å². The molecule has 0 aromatic rings. The normalized spacial score (nSPS) is 35.9. The van der Waals surface area contributed by atoms with Crippen molar-refractivity contribution >= 4 is 5.91 Å². The number of nitrogens with one attached hydrogen (secondary N) is 1. The first kappa shape index (κ1) is 14.8. The molecule has 1 heterocycles. The van der Waals surface area contributed by atoms with E-state index in [0.29, 0.717) is 24.4 Å². The Balaban J connectivity index is 1.63. The highest BCUT2D eigenvalue weighted by molar-refractivity contribution is 5.76. The molecule has 4 nitrogen and oxygen atoms in total. The summed E-state index contributed by atoms with van der Waals surface area (Å²) in [5, 5.41) is 3.15. The van der Waals surface area contributed by atoms with Gasteiger partial charge < -0.3 is 15.8 Å². The lowest BCUT2D eigenvalue weighted by atomic mass is 9.83. The first-order valence-electron chi connectivity index (χ1n) is 7.80. The Labute approximate surface area is 116 Å². The Morgan fingerprint density at radius 2 is 2.16 bits per heavy atom. The van der Waals surface area contributed by atoms with E-state index in [0.717, 1.165) is 38.7 Å². The van der Waals surface area contributed by atoms with Crippen molar-refractivity contribution < 1.29 is 9.53 Å². The summed E-state index contributed by atoms with van der Waals surface area (Å²) in [5.74, 6) is 0.862. The van der Waals surface area contributed by atoms with Crippen LogP contribution in [0.2, 0.25) is 0 Å². The van der Waals surface area contributed by atoms with Crippen molar-refractivity contribution in [1.29, 1.82) is 0 Å². The second kappa shape index (κ2) is 7.25. The van der Waals surface area contributed by atoms with Crippen molar-refractivity contribution in [1.82, 2.24) is 5.32 Å². The maximum Gasteiger partial charge on any atom is 0.220 e. The van der Waals surface area contributed by atoms with E-state index in [9.17, 15) is 4.79 Å². The highest BCUT2D eigenvalue weighted by atomic mass is 16.5. The summed E-state index contributed by atoms with van der Waals surface area (Å²) < 4.78 is 5.49. The molecule has 0 bridgehead atoms. The Bertz CT molecular complexity index is 296. The van der Waals surface area contributed by atoms with E-state index < -0.39 is 0 Å². The highest BCUT2D eigenvalue weighted by Gasteiger charge is 2.23. The van der Waals surface area contributed by atoms with Gasteiger partial charge in [0.15, 0.2) is 0 Å². The molecule has 2 rings (SSSR count). The van der Waals surface area contributed by atoms with Crippen molar-refractivity contribution in [2.45, 2.75) is 76.5 Å². The minimum Gasteiger partial charge on any atom is -0.378 e. The summed E-state index contributed by atoms with van der Waals surface area (Å²) in [6, 6.07) is 0.669. The zero-order chi connectivity index (χ0) is 13.7. The third-order valence-electron chi connectivity index (χ3n) is 4.45. The molecule has 1 amide bonds. The molecule has 0 spiro atoms. The topological polar surface area (TPSA) is 64.4 Å². The molecule has 2 aliphatic rings. The lowest BCUT2D eigenvalue weighted by molar-refractivity contribution is -0.123. The monoisotopic (exact) mass is 268 g/mol. The molecule has 4 atom stereocenters. The molecule has 0 radical (unpaired) electrons. The van der Waals surface area contributed by atoms with Crippen LogP contribution < -0.4 is 11.1 Å². The number of hydrogen-bond donors (Lipinski definition) is 2. The fraction of sp³-hybridized carbons (Fsp3) is 0.933. The van der Waals surface area contributed by atoms with Crippen molar-refractivity contribution in [2.24, 2.45) is 11.7 Å². The smallest absolute Gasteiger partial charge is 0.220 e. The second-order valence-corrected chi connectivity index (χ2v) is 6.30. The minimum absolute atomic E-state index is 0.207. The summed E-state index contributed by atoms with van der Waals surface area (Å²) in [4.78, 5) is 12.0. The molecule has 1 aliphatic carbocycles. The fourth-order valence-electron chi connectivity index (χ4n) is 3.36. The van der Waals surface area contributed by atoms with Crippen molar-refractivity contribution in [2.75, 3.05) is 6.61 Å². The van der Waals surface area contributed by atoms with Gasteiger partial charge in [-0.2, -0.15) is 0 Å². The Morgan fingerprint density at radius 3 is 2.89 bits per heavy atom. The zero-order valence-corrected chi connectivity index (χ0v) is 12.1. The molecule has 19 heavy (non-hydrogen) atoms. The van der Waals surface area contributed by atoms with Gasteiger partial charge >= 0.3 is 0 Å². The third kappa shape index (κ3) is 5.11. The van der Waals surface area contributed by atoms with E-state index in [2.05, 4.69) is 12.2 Å². The molecule has 0 aromatic heterocycles. The third-order valence-corrected chi connectivity index (χ3v) is 4.45. The van der Waals surface area contributed by atoms with Gasteiger partial charge in [0.25, 0.3) is 0 Å². The van der Waals surface area contributed by atoms with Crippen LogP contribution in [-0.2, 0) is 9.53 Å². The minimum atomic E-state index is 0.207. The van der Waals surface area contributed by atoms with E-state index in [1.54, 1.807) is 0 Å². The average molecular weight is 268 g/mol. The second-order valence-electron chi connectivity index (χ2n) is 6.30. The van der Waals surface area contributed by atoms with Gasteiger partial charge in [0, 0.05) is 25.1 Å². The molecule has 4 heteroatoms. The molecule has 110 valence electrons. The molecular formula is C15H28N2O2. The van der Waals surface area contributed by atoms with E-state index >= 15 is 0 Å². The number of nitrogens with two attached hydrogens (primary N) is 1. The number of rotatable bonds is 4. The molecule has 0 aromatic carbocycles. The van der Waals surface area contributed by atoms with E-state index in [-0.39, 0.29) is 12.0 Å². The molecule has 1 saturated carbocycles. The van der Waals surface area contributed by atoms with Crippen LogP contribution in [0.15, 0.2) is 0 Å². The lowest BCUT2D eigenvalue weighted by Gasteiger charge is -2.29. The van der Waals surface area contributed by atoms with E-state index in [4.69, 9.17) is 10.5 Å². The summed E-state index contributed by atoms with van der Waals surface area (Å²) in [6.45, 7) is 2.84. The van der Waals surface area contributed by atoms with Crippen LogP contribution >= 0.6 is 0 Å². The maximum atomic E-state index is 12.0. The van der Waals surface area contributed by atoms with Crippen LogP contribution in [0, 0.1) is 5.92 Å². The molecule has 4 unspecified atom stereocenters. The summed E-state index contributed by atoms with van der Waals surface area (Å²) in [6.07, 6.45) is 8.55. The van der Waals surface area contributed by atoms with Crippen molar-refractivity contribution in [3.05, 3.63) is 0 Å². The van der Waals surface area contributed by atoms with Gasteiger partial charge in [-0.3, -0.25) is 4.79 Å². The number of carbonyl (C=O) groups is 1. The fourth-order valence-corrected chi connectivity index (χ4v) is 3.36. The number of amides is 1. The predicted octanol–water partition coefficient (Wildman–Crippen LogP) is 1.97. The number of ether oxygens (including phenoxy) is 1. The Morgan fingerprint density at radius 1 is 1.32 bits per heavy atom. The van der Waals surface area contributed by atoms with Crippen molar-refractivity contribution in [3.8, 4) is 0 Å². The zero-order valence-electron chi connectivity index (χ0n) is 12.1. The van der Waals surface area contributed by atoms with Gasteiger partial charge in [0.05, 0.1) is 6.10 Å². The molecule has 2 fully saturated rings.